The molecule has 0 aliphatic heterocycles. The second-order valence-electron chi connectivity index (χ2n) is 15.6. The molecule has 0 aliphatic carbocycles. The van der Waals surface area contributed by atoms with E-state index in [0.29, 0.717) is 74.1 Å². The lowest BCUT2D eigenvalue weighted by Crippen LogP contribution is -2.03. The number of hydrogen-bond donors (Lipinski definition) is 0. The van der Waals surface area contributed by atoms with Gasteiger partial charge in [-0.15, -0.1) is 0 Å². The molecule has 0 fully saturated rings. The molecule has 0 heterocycles. The molecule has 0 aromatic heterocycles. The topological polar surface area (TPSA) is 64.6 Å². The Hall–Kier alpha value is -7.74. The van der Waals surface area contributed by atoms with E-state index in [4.69, 9.17) is 33.2 Å². The first-order chi connectivity index (χ1) is 32.1. The highest BCUT2D eigenvalue weighted by Crippen LogP contribution is 2.30. The largest absolute Gasteiger partial charge is 0.489 e. The Bertz CT molecular complexity index is 2410. The van der Waals surface area contributed by atoms with E-state index >= 15 is 0 Å². The van der Waals surface area contributed by atoms with Crippen molar-refractivity contribution in [1.29, 1.82) is 0 Å². The van der Waals surface area contributed by atoms with E-state index < -0.39 is 0 Å². The molecule has 0 radical (unpaired) electrons. The zero-order valence-electron chi connectivity index (χ0n) is 36.4. The fourth-order valence-corrected chi connectivity index (χ4v) is 6.98. The third kappa shape index (κ3) is 14.1. The fourth-order valence-electron chi connectivity index (χ4n) is 6.98. The normalized spacial score (nSPS) is 10.8. The van der Waals surface area contributed by atoms with Crippen LogP contribution in [-0.4, -0.2) is 0 Å². The summed E-state index contributed by atoms with van der Waals surface area (Å²) in [7, 11) is 0. The van der Waals surface area contributed by atoms with E-state index in [0.717, 1.165) is 50.1 Å². The molecule has 0 atom stereocenters. The molecule has 0 spiro atoms. The Kier molecular flexibility index (Phi) is 15.6. The standard InChI is InChI=1S/C58H52O7/c1-2-44-23-25-49(26-24-44)36-59-37-50-27-53(64-42-51-29-55(60-38-45-15-7-3-8-16-45)34-56(30-51)61-39-46-17-9-4-10-18-46)33-54(28-50)65-43-52-31-57(62-40-47-19-11-5-12-20-47)35-58(32-52)63-41-48-21-13-6-14-22-48/h2-35H,1,36-43H2. The quantitative estimate of drug-likeness (QED) is 0.0635. The second kappa shape index (κ2) is 23.1. The third-order valence-corrected chi connectivity index (χ3v) is 10.4. The van der Waals surface area contributed by atoms with Gasteiger partial charge in [0, 0.05) is 18.2 Å². The van der Waals surface area contributed by atoms with Gasteiger partial charge >= 0.3 is 0 Å². The molecule has 8 aromatic carbocycles. The monoisotopic (exact) mass is 860 g/mol. The molecule has 7 nitrogen and oxygen atoms in total. The molecule has 7 heteroatoms. The lowest BCUT2D eigenvalue weighted by Gasteiger charge is -2.16. The smallest absolute Gasteiger partial charge is 0.123 e. The summed E-state index contributed by atoms with van der Waals surface area (Å²) in [5, 5.41) is 0. The minimum Gasteiger partial charge on any atom is -0.489 e. The Balaban J connectivity index is 1.01. The lowest BCUT2D eigenvalue weighted by molar-refractivity contribution is 0.106. The maximum atomic E-state index is 6.54. The number of benzene rings is 8. The number of rotatable bonds is 23. The maximum absolute atomic E-state index is 6.54. The molecule has 0 saturated carbocycles. The van der Waals surface area contributed by atoms with Gasteiger partial charge in [0.2, 0.25) is 0 Å². The van der Waals surface area contributed by atoms with Crippen molar-refractivity contribution in [3.63, 3.8) is 0 Å². The van der Waals surface area contributed by atoms with Crippen molar-refractivity contribution in [3.8, 4) is 34.5 Å². The summed E-state index contributed by atoms with van der Waals surface area (Å²) in [6.07, 6.45) is 1.83. The molecule has 326 valence electrons. The molecule has 0 unspecified atom stereocenters. The van der Waals surface area contributed by atoms with Crippen molar-refractivity contribution in [3.05, 3.63) is 257 Å². The van der Waals surface area contributed by atoms with Gasteiger partial charge in [0.05, 0.1) is 13.2 Å². The van der Waals surface area contributed by atoms with Crippen LogP contribution < -0.4 is 28.4 Å². The Morgan fingerprint density at radius 3 is 0.800 bits per heavy atom. The summed E-state index contributed by atoms with van der Waals surface area (Å²) < 4.78 is 44.4. The summed E-state index contributed by atoms with van der Waals surface area (Å²) in [5.41, 5.74) is 9.10. The minimum atomic E-state index is 0.256. The highest BCUT2D eigenvalue weighted by molar-refractivity contribution is 5.47. The summed E-state index contributed by atoms with van der Waals surface area (Å²) in [5.74, 6) is 4.01. The third-order valence-electron chi connectivity index (χ3n) is 10.4. The molecular formula is C58H52O7. The van der Waals surface area contributed by atoms with E-state index in [-0.39, 0.29) is 13.2 Å². The van der Waals surface area contributed by atoms with Crippen LogP contribution in [-0.2, 0) is 57.6 Å². The van der Waals surface area contributed by atoms with Gasteiger partial charge in [-0.2, -0.15) is 0 Å². The van der Waals surface area contributed by atoms with Crippen LogP contribution in [0.15, 0.2) is 207 Å². The summed E-state index contributed by atoms with van der Waals surface area (Å²) >= 11 is 0. The van der Waals surface area contributed by atoms with Crippen molar-refractivity contribution in [2.45, 2.75) is 52.9 Å². The average molecular weight is 861 g/mol. The van der Waals surface area contributed by atoms with Gasteiger partial charge in [-0.1, -0.05) is 158 Å². The van der Waals surface area contributed by atoms with Gasteiger partial charge in [-0.3, -0.25) is 0 Å². The van der Waals surface area contributed by atoms with Crippen molar-refractivity contribution in [2.24, 2.45) is 0 Å². The fraction of sp³-hybridized carbons (Fsp3) is 0.138. The summed E-state index contributed by atoms with van der Waals surface area (Å²) in [4.78, 5) is 0. The lowest BCUT2D eigenvalue weighted by atomic mass is 10.1. The minimum absolute atomic E-state index is 0.256. The van der Waals surface area contributed by atoms with Crippen LogP contribution in [0.1, 0.15) is 50.1 Å². The summed E-state index contributed by atoms with van der Waals surface area (Å²) in [6.45, 7) is 6.86. The predicted octanol–water partition coefficient (Wildman–Crippen LogP) is 13.5. The molecule has 0 amide bonds. The number of ether oxygens (including phenoxy) is 7. The highest BCUT2D eigenvalue weighted by atomic mass is 16.5. The van der Waals surface area contributed by atoms with Gasteiger partial charge in [0.1, 0.15) is 74.1 Å². The summed E-state index contributed by atoms with van der Waals surface area (Å²) in [6, 6.07) is 66.3. The second-order valence-corrected chi connectivity index (χ2v) is 15.6. The van der Waals surface area contributed by atoms with Crippen LogP contribution in [0.25, 0.3) is 6.08 Å². The SMILES string of the molecule is C=Cc1ccc(COCc2cc(OCc3cc(OCc4ccccc4)cc(OCc4ccccc4)c3)cc(OCc3cc(OCc4ccccc4)cc(OCc4ccccc4)c3)c2)cc1. The molecule has 0 saturated heterocycles. The predicted molar refractivity (Wildman–Crippen MR) is 256 cm³/mol. The molecule has 0 aliphatic rings. The molecule has 0 N–H and O–H groups in total. The van der Waals surface area contributed by atoms with Crippen LogP contribution in [0.3, 0.4) is 0 Å². The van der Waals surface area contributed by atoms with Gasteiger partial charge in [-0.05, 0) is 86.5 Å². The first-order valence-electron chi connectivity index (χ1n) is 21.7. The van der Waals surface area contributed by atoms with E-state index in [1.807, 2.05) is 194 Å². The van der Waals surface area contributed by atoms with Crippen LogP contribution in [0.2, 0.25) is 0 Å². The van der Waals surface area contributed by atoms with Crippen molar-refractivity contribution in [1.82, 2.24) is 0 Å². The number of hydrogen-bond acceptors (Lipinski definition) is 7. The van der Waals surface area contributed by atoms with Gasteiger partial charge in [0.25, 0.3) is 0 Å². The molecule has 8 aromatic rings. The van der Waals surface area contributed by atoms with E-state index in [1.54, 1.807) is 0 Å². The van der Waals surface area contributed by atoms with Crippen LogP contribution in [0.4, 0.5) is 0 Å². The zero-order valence-corrected chi connectivity index (χ0v) is 36.4. The molecule has 8 rings (SSSR count). The van der Waals surface area contributed by atoms with E-state index in [2.05, 4.69) is 18.7 Å². The molecular weight excluding hydrogens is 809 g/mol. The van der Waals surface area contributed by atoms with Crippen LogP contribution >= 0.6 is 0 Å². The van der Waals surface area contributed by atoms with Gasteiger partial charge in [0.15, 0.2) is 0 Å². The maximum Gasteiger partial charge on any atom is 0.123 e. The Labute approximate surface area is 382 Å². The van der Waals surface area contributed by atoms with E-state index in [9.17, 15) is 0 Å². The van der Waals surface area contributed by atoms with Crippen LogP contribution in [0, 0.1) is 0 Å². The van der Waals surface area contributed by atoms with E-state index in [1.165, 1.54) is 0 Å². The van der Waals surface area contributed by atoms with Gasteiger partial charge < -0.3 is 33.2 Å². The first kappa shape index (κ1) is 43.9. The molecule has 0 bridgehead atoms. The van der Waals surface area contributed by atoms with Crippen molar-refractivity contribution < 1.29 is 33.2 Å². The van der Waals surface area contributed by atoms with Gasteiger partial charge in [-0.25, -0.2) is 0 Å². The zero-order chi connectivity index (χ0) is 44.3. The van der Waals surface area contributed by atoms with Crippen molar-refractivity contribution in [2.75, 3.05) is 0 Å². The Morgan fingerprint density at radius 2 is 0.508 bits per heavy atom. The Morgan fingerprint density at radius 1 is 0.262 bits per heavy atom. The first-order valence-corrected chi connectivity index (χ1v) is 21.7. The average Bonchev–Trinajstić information content (AvgIpc) is 3.36. The van der Waals surface area contributed by atoms with Crippen molar-refractivity contribution >= 4 is 6.08 Å². The molecule has 65 heavy (non-hydrogen) atoms. The van der Waals surface area contributed by atoms with Crippen LogP contribution in [0.5, 0.6) is 34.5 Å². The highest BCUT2D eigenvalue weighted by Gasteiger charge is 2.11.